The number of hydrogen-bond acceptors (Lipinski definition) is 3. The van der Waals surface area contributed by atoms with Crippen LogP contribution in [-0.2, 0) is 9.47 Å². The second kappa shape index (κ2) is 5.00. The molecule has 0 N–H and O–H groups in total. The van der Waals surface area contributed by atoms with Gasteiger partial charge in [0, 0.05) is 5.56 Å². The van der Waals surface area contributed by atoms with Crippen molar-refractivity contribution in [1.29, 1.82) is 0 Å². The van der Waals surface area contributed by atoms with E-state index in [1.165, 1.54) is 11.1 Å². The Balaban J connectivity index is 1.88. The third-order valence-corrected chi connectivity index (χ3v) is 3.52. The molecule has 0 atom stereocenters. The van der Waals surface area contributed by atoms with Crippen LogP contribution in [0.25, 0.3) is 11.1 Å². The monoisotopic (exact) mass is 246 g/mol. The van der Waals surface area contributed by atoms with Gasteiger partial charge in [-0.05, 0) is 40.4 Å². The van der Waals surface area contributed by atoms with E-state index >= 15 is 0 Å². The van der Waals surface area contributed by atoms with Gasteiger partial charge in [0.05, 0.1) is 13.2 Å². The van der Waals surface area contributed by atoms with Crippen LogP contribution in [0.2, 0.25) is 0 Å². The molecule has 1 aliphatic heterocycles. The van der Waals surface area contributed by atoms with E-state index in [9.17, 15) is 0 Å². The number of ether oxygens (including phenoxy) is 2. The van der Waals surface area contributed by atoms with Gasteiger partial charge in [0.15, 0.2) is 6.29 Å². The fourth-order valence-electron chi connectivity index (χ4n) is 1.97. The van der Waals surface area contributed by atoms with Gasteiger partial charge < -0.3 is 9.47 Å². The largest absolute Gasteiger partial charge is 0.348 e. The second-order valence-corrected chi connectivity index (χ2v) is 4.84. The minimum absolute atomic E-state index is 0.192. The summed E-state index contributed by atoms with van der Waals surface area (Å²) in [5.41, 5.74) is 3.59. The Morgan fingerprint density at radius 1 is 1.06 bits per heavy atom. The maximum absolute atomic E-state index is 5.62. The molecule has 1 aliphatic rings. The predicted octanol–water partition coefficient (Wildman–Crippen LogP) is 3.85. The third kappa shape index (κ3) is 2.41. The molecule has 2 nitrogen and oxygen atoms in total. The number of thiophene rings is 1. The first kappa shape index (κ1) is 11.0. The molecule has 0 amide bonds. The van der Waals surface area contributed by atoms with E-state index in [4.69, 9.17) is 9.47 Å². The Morgan fingerprint density at radius 3 is 2.71 bits per heavy atom. The lowest BCUT2D eigenvalue weighted by Gasteiger charge is -2.23. The molecule has 3 rings (SSSR count). The fraction of sp³-hybridized carbons (Fsp3) is 0.286. The number of rotatable bonds is 2. The Bertz CT molecular complexity index is 473. The molecule has 0 aliphatic carbocycles. The molecule has 0 unspecified atom stereocenters. The summed E-state index contributed by atoms with van der Waals surface area (Å²) in [6.07, 6.45) is 0.795. The summed E-state index contributed by atoms with van der Waals surface area (Å²) in [5, 5.41) is 4.25. The van der Waals surface area contributed by atoms with Crippen molar-refractivity contribution in [2.45, 2.75) is 12.7 Å². The third-order valence-electron chi connectivity index (χ3n) is 2.84. The van der Waals surface area contributed by atoms with Gasteiger partial charge in [-0.3, -0.25) is 0 Å². The molecule has 2 aromatic rings. The van der Waals surface area contributed by atoms with Gasteiger partial charge in [-0.25, -0.2) is 0 Å². The van der Waals surface area contributed by atoms with Crippen LogP contribution in [0, 0.1) is 0 Å². The Morgan fingerprint density at radius 2 is 1.94 bits per heavy atom. The van der Waals surface area contributed by atoms with Crippen molar-refractivity contribution in [2.75, 3.05) is 13.2 Å². The highest BCUT2D eigenvalue weighted by molar-refractivity contribution is 7.08. The lowest BCUT2D eigenvalue weighted by molar-refractivity contribution is -0.183. The molecule has 88 valence electrons. The fourth-order valence-corrected chi connectivity index (χ4v) is 2.64. The highest BCUT2D eigenvalue weighted by Gasteiger charge is 2.16. The highest BCUT2D eigenvalue weighted by atomic mass is 32.1. The zero-order chi connectivity index (χ0) is 11.5. The van der Waals surface area contributed by atoms with E-state index in [1.54, 1.807) is 11.3 Å². The summed E-state index contributed by atoms with van der Waals surface area (Å²) in [7, 11) is 0. The Hall–Kier alpha value is -1.16. The number of hydrogen-bond donors (Lipinski definition) is 0. The van der Waals surface area contributed by atoms with Crippen molar-refractivity contribution in [3.8, 4) is 11.1 Å². The summed E-state index contributed by atoms with van der Waals surface area (Å²) in [5.74, 6) is 0. The smallest absolute Gasteiger partial charge is 0.183 e. The molecular weight excluding hydrogens is 232 g/mol. The van der Waals surface area contributed by atoms with E-state index in [1.807, 2.05) is 0 Å². The summed E-state index contributed by atoms with van der Waals surface area (Å²) >= 11 is 1.71. The normalized spacial score (nSPS) is 17.2. The van der Waals surface area contributed by atoms with Crippen LogP contribution < -0.4 is 0 Å². The van der Waals surface area contributed by atoms with Crippen LogP contribution in [0.1, 0.15) is 18.3 Å². The van der Waals surface area contributed by atoms with Gasteiger partial charge in [0.25, 0.3) is 0 Å². The van der Waals surface area contributed by atoms with Gasteiger partial charge in [0.1, 0.15) is 0 Å². The van der Waals surface area contributed by atoms with Crippen molar-refractivity contribution < 1.29 is 9.47 Å². The van der Waals surface area contributed by atoms with Crippen molar-refractivity contribution in [2.24, 2.45) is 0 Å². The average Bonchev–Trinajstić information content (AvgIpc) is 2.94. The summed E-state index contributed by atoms with van der Waals surface area (Å²) in [6.45, 7) is 1.57. The minimum Gasteiger partial charge on any atom is -0.348 e. The summed E-state index contributed by atoms with van der Waals surface area (Å²) in [4.78, 5) is 0. The first-order valence-corrected chi connectivity index (χ1v) is 6.73. The molecule has 3 heteroatoms. The molecular formula is C14H14O2S. The first-order valence-electron chi connectivity index (χ1n) is 5.79. The maximum Gasteiger partial charge on any atom is 0.183 e. The van der Waals surface area contributed by atoms with Crippen molar-refractivity contribution >= 4 is 11.3 Å². The average molecular weight is 246 g/mol. The zero-order valence-corrected chi connectivity index (χ0v) is 10.3. The van der Waals surface area contributed by atoms with Gasteiger partial charge in [0.2, 0.25) is 0 Å². The van der Waals surface area contributed by atoms with E-state index < -0.39 is 0 Å². The molecule has 1 aromatic heterocycles. The van der Waals surface area contributed by atoms with Crippen molar-refractivity contribution in [3.05, 3.63) is 46.7 Å². The second-order valence-electron chi connectivity index (χ2n) is 4.06. The highest BCUT2D eigenvalue weighted by Crippen LogP contribution is 2.28. The summed E-state index contributed by atoms with van der Waals surface area (Å²) < 4.78 is 11.2. The van der Waals surface area contributed by atoms with Gasteiger partial charge in [-0.2, -0.15) is 11.3 Å². The van der Waals surface area contributed by atoms with Crippen molar-refractivity contribution in [1.82, 2.24) is 0 Å². The van der Waals surface area contributed by atoms with Crippen LogP contribution in [-0.4, -0.2) is 13.2 Å². The van der Waals surface area contributed by atoms with E-state index in [-0.39, 0.29) is 6.29 Å². The standard InChI is InChI=1S/C14H14O2S/c1-3-11(13-5-8-17-10-13)9-12(4-1)14-15-6-2-7-16-14/h1,3-5,8-10,14H,2,6-7H2. The SMILES string of the molecule is c1cc(-c2ccsc2)cc(C2OCCCO2)c1. The lowest BCUT2D eigenvalue weighted by Crippen LogP contribution is -2.17. The topological polar surface area (TPSA) is 18.5 Å². The minimum atomic E-state index is -0.192. The number of benzene rings is 1. The van der Waals surface area contributed by atoms with Gasteiger partial charge >= 0.3 is 0 Å². The van der Waals surface area contributed by atoms with Crippen molar-refractivity contribution in [3.63, 3.8) is 0 Å². The van der Waals surface area contributed by atoms with Gasteiger partial charge in [-0.15, -0.1) is 0 Å². The quantitative estimate of drug-likeness (QED) is 0.801. The molecule has 0 saturated carbocycles. The Labute approximate surface area is 105 Å². The van der Waals surface area contributed by atoms with E-state index in [2.05, 4.69) is 41.1 Å². The molecule has 1 saturated heterocycles. The summed E-state index contributed by atoms with van der Waals surface area (Å²) in [6, 6.07) is 10.5. The first-order chi connectivity index (χ1) is 8.43. The molecule has 1 fully saturated rings. The molecule has 17 heavy (non-hydrogen) atoms. The predicted molar refractivity (Wildman–Crippen MR) is 69.0 cm³/mol. The van der Waals surface area contributed by atoms with Crippen LogP contribution in [0.3, 0.4) is 0 Å². The molecule has 1 aromatic carbocycles. The zero-order valence-electron chi connectivity index (χ0n) is 9.46. The van der Waals surface area contributed by atoms with E-state index in [0.29, 0.717) is 0 Å². The van der Waals surface area contributed by atoms with Crippen LogP contribution in [0.4, 0.5) is 0 Å². The van der Waals surface area contributed by atoms with Gasteiger partial charge in [-0.1, -0.05) is 18.2 Å². The van der Waals surface area contributed by atoms with Crippen LogP contribution >= 0.6 is 11.3 Å². The maximum atomic E-state index is 5.62. The molecule has 0 radical (unpaired) electrons. The molecule has 2 heterocycles. The lowest BCUT2D eigenvalue weighted by atomic mass is 10.1. The molecule has 0 bridgehead atoms. The molecule has 0 spiro atoms. The Kier molecular flexibility index (Phi) is 3.22. The van der Waals surface area contributed by atoms with E-state index in [0.717, 1.165) is 25.2 Å². The van der Waals surface area contributed by atoms with Crippen LogP contribution in [0.15, 0.2) is 41.1 Å². The van der Waals surface area contributed by atoms with Crippen LogP contribution in [0.5, 0.6) is 0 Å².